The summed E-state index contributed by atoms with van der Waals surface area (Å²) in [5.74, 6) is -1.58. The zero-order valence-electron chi connectivity index (χ0n) is 24.7. The average Bonchev–Trinajstić information content (AvgIpc) is 3.26. The maximum atomic E-state index is 14.2. The van der Waals surface area contributed by atoms with Crippen molar-refractivity contribution in [2.24, 2.45) is 5.92 Å². The normalized spacial score (nSPS) is 16.4. The Bertz CT molecular complexity index is 1530. The second-order valence-electron chi connectivity index (χ2n) is 11.0. The van der Waals surface area contributed by atoms with Gasteiger partial charge < -0.3 is 19.9 Å². The summed E-state index contributed by atoms with van der Waals surface area (Å²) >= 11 is 0. The van der Waals surface area contributed by atoms with Crippen LogP contribution in [0.25, 0.3) is 0 Å². The first-order valence-corrected chi connectivity index (χ1v) is 14.4. The van der Waals surface area contributed by atoms with Crippen molar-refractivity contribution < 1.29 is 23.9 Å². The Hall–Kier alpha value is -4.92. The SMILES string of the molecule is COc1ccc(CN(C(=O)CN2C(=O)C(=O)c3ccccc32)[C@H](C(=O)Nc2ccc(N(C)C)cc2)[C@H]2CC=CCC2)cc1. The number of ketones is 1. The van der Waals surface area contributed by atoms with E-state index < -0.39 is 23.6 Å². The van der Waals surface area contributed by atoms with Crippen LogP contribution in [0.15, 0.2) is 84.9 Å². The van der Waals surface area contributed by atoms with Crippen LogP contribution in [0.2, 0.25) is 0 Å². The van der Waals surface area contributed by atoms with E-state index in [2.05, 4.69) is 17.5 Å². The maximum absolute atomic E-state index is 14.2. The minimum absolute atomic E-state index is 0.137. The van der Waals surface area contributed by atoms with E-state index >= 15 is 0 Å². The predicted octanol–water partition coefficient (Wildman–Crippen LogP) is 4.68. The predicted molar refractivity (Wildman–Crippen MR) is 166 cm³/mol. The standard InChI is InChI=1S/C34H36N4O5/c1-36(2)26-17-15-25(16-18-26)35-33(41)31(24-9-5-4-6-10-24)38(21-23-13-19-27(43-3)20-14-23)30(39)22-37-29-12-8-7-11-28(29)32(40)34(37)42/h4-5,7-8,11-20,24,31H,6,9-10,21-22H2,1-3H3,(H,35,41)/t24-,31-/m0/s1. The largest absolute Gasteiger partial charge is 0.497 e. The molecule has 1 aliphatic heterocycles. The number of para-hydroxylation sites is 1. The zero-order valence-corrected chi connectivity index (χ0v) is 24.7. The summed E-state index contributed by atoms with van der Waals surface area (Å²) in [6, 6.07) is 20.7. The van der Waals surface area contributed by atoms with Gasteiger partial charge in [-0.2, -0.15) is 0 Å². The molecule has 0 radical (unpaired) electrons. The van der Waals surface area contributed by atoms with E-state index in [1.807, 2.05) is 67.5 Å². The lowest BCUT2D eigenvalue weighted by Gasteiger charge is -2.37. The first kappa shape index (κ1) is 29.6. The van der Waals surface area contributed by atoms with E-state index in [1.165, 1.54) is 4.90 Å². The van der Waals surface area contributed by atoms with Gasteiger partial charge in [-0.25, -0.2) is 0 Å². The maximum Gasteiger partial charge on any atom is 0.299 e. The van der Waals surface area contributed by atoms with Crippen LogP contribution in [0.1, 0.15) is 35.2 Å². The molecule has 0 spiro atoms. The van der Waals surface area contributed by atoms with Crippen molar-refractivity contribution in [1.82, 2.24) is 4.90 Å². The summed E-state index contributed by atoms with van der Waals surface area (Å²) in [4.78, 5) is 58.8. The first-order chi connectivity index (χ1) is 20.8. The number of fused-ring (bicyclic) bond motifs is 1. The Morgan fingerprint density at radius 3 is 2.35 bits per heavy atom. The van der Waals surface area contributed by atoms with Gasteiger partial charge in [0.15, 0.2) is 0 Å². The number of anilines is 3. The lowest BCUT2D eigenvalue weighted by Crippen LogP contribution is -2.54. The number of methoxy groups -OCH3 is 1. The Morgan fingerprint density at radius 1 is 0.977 bits per heavy atom. The van der Waals surface area contributed by atoms with Gasteiger partial charge in [0.25, 0.3) is 11.7 Å². The molecule has 9 heteroatoms. The molecule has 1 heterocycles. The number of carbonyl (C=O) groups excluding carboxylic acids is 4. The van der Waals surface area contributed by atoms with Crippen LogP contribution in [0.5, 0.6) is 5.75 Å². The molecular weight excluding hydrogens is 544 g/mol. The van der Waals surface area contributed by atoms with Gasteiger partial charge in [0.1, 0.15) is 18.3 Å². The number of amides is 3. The Kier molecular flexibility index (Phi) is 8.90. The summed E-state index contributed by atoms with van der Waals surface area (Å²) in [6.45, 7) is -0.222. The van der Waals surface area contributed by atoms with Crippen LogP contribution in [0.4, 0.5) is 17.1 Å². The van der Waals surface area contributed by atoms with Crippen LogP contribution < -0.4 is 19.9 Å². The van der Waals surface area contributed by atoms with E-state index in [4.69, 9.17) is 4.74 Å². The molecule has 0 saturated carbocycles. The highest BCUT2D eigenvalue weighted by Gasteiger charge is 2.41. The van der Waals surface area contributed by atoms with E-state index in [-0.39, 0.29) is 30.5 Å². The van der Waals surface area contributed by atoms with Crippen molar-refractivity contribution >= 4 is 40.6 Å². The van der Waals surface area contributed by atoms with Crippen LogP contribution in [0.3, 0.4) is 0 Å². The molecule has 0 fully saturated rings. The summed E-state index contributed by atoms with van der Waals surface area (Å²) in [5.41, 5.74) is 3.09. The van der Waals surface area contributed by atoms with Crippen molar-refractivity contribution in [3.63, 3.8) is 0 Å². The zero-order chi connectivity index (χ0) is 30.5. The number of hydrogen-bond acceptors (Lipinski definition) is 6. The summed E-state index contributed by atoms with van der Waals surface area (Å²) in [5, 5.41) is 3.04. The molecule has 9 nitrogen and oxygen atoms in total. The third kappa shape index (κ3) is 6.45. The molecule has 222 valence electrons. The highest BCUT2D eigenvalue weighted by molar-refractivity contribution is 6.52. The van der Waals surface area contributed by atoms with Gasteiger partial charge in [0, 0.05) is 32.0 Å². The number of allylic oxidation sites excluding steroid dienone is 2. The summed E-state index contributed by atoms with van der Waals surface area (Å²) in [7, 11) is 5.47. The third-order valence-corrected chi connectivity index (χ3v) is 8.02. The minimum Gasteiger partial charge on any atom is -0.497 e. The molecule has 3 amide bonds. The monoisotopic (exact) mass is 580 g/mol. The number of hydrogen-bond donors (Lipinski definition) is 1. The number of ether oxygens (including phenoxy) is 1. The fourth-order valence-corrected chi connectivity index (χ4v) is 5.67. The molecule has 2 atom stereocenters. The molecule has 3 aromatic carbocycles. The summed E-state index contributed by atoms with van der Waals surface area (Å²) in [6.07, 6.45) is 6.29. The molecule has 1 N–H and O–H groups in total. The van der Waals surface area contributed by atoms with E-state index in [0.717, 1.165) is 24.1 Å². The van der Waals surface area contributed by atoms with Crippen molar-refractivity contribution in [3.05, 3.63) is 96.1 Å². The Balaban J connectivity index is 1.49. The van der Waals surface area contributed by atoms with Gasteiger partial charge in [0.05, 0.1) is 18.4 Å². The number of carbonyl (C=O) groups is 4. The van der Waals surface area contributed by atoms with Crippen molar-refractivity contribution in [2.45, 2.75) is 31.8 Å². The highest BCUT2D eigenvalue weighted by Crippen LogP contribution is 2.31. The van der Waals surface area contributed by atoms with Crippen molar-refractivity contribution in [1.29, 1.82) is 0 Å². The Labute approximate surface area is 251 Å². The molecule has 43 heavy (non-hydrogen) atoms. The van der Waals surface area contributed by atoms with Crippen molar-refractivity contribution in [2.75, 3.05) is 42.9 Å². The number of benzene rings is 3. The third-order valence-electron chi connectivity index (χ3n) is 8.02. The highest BCUT2D eigenvalue weighted by atomic mass is 16.5. The second kappa shape index (κ2) is 12.9. The lowest BCUT2D eigenvalue weighted by atomic mass is 9.85. The second-order valence-corrected chi connectivity index (χ2v) is 11.0. The lowest BCUT2D eigenvalue weighted by molar-refractivity contribution is -0.140. The quantitative estimate of drug-likeness (QED) is 0.276. The van der Waals surface area contributed by atoms with Gasteiger partial charge in [0.2, 0.25) is 11.8 Å². The molecule has 0 bridgehead atoms. The van der Waals surface area contributed by atoms with Crippen LogP contribution >= 0.6 is 0 Å². The molecule has 1 aliphatic carbocycles. The molecule has 0 unspecified atom stereocenters. The molecule has 2 aliphatic rings. The fourth-order valence-electron chi connectivity index (χ4n) is 5.67. The van der Waals surface area contributed by atoms with Crippen LogP contribution in [-0.4, -0.2) is 62.2 Å². The van der Waals surface area contributed by atoms with Gasteiger partial charge >= 0.3 is 0 Å². The van der Waals surface area contributed by atoms with Gasteiger partial charge in [-0.15, -0.1) is 0 Å². The minimum atomic E-state index is -0.822. The number of Topliss-reactive ketones (excluding diaryl/α,β-unsaturated/α-hetero) is 1. The summed E-state index contributed by atoms with van der Waals surface area (Å²) < 4.78 is 5.30. The Morgan fingerprint density at radius 2 is 1.70 bits per heavy atom. The van der Waals surface area contributed by atoms with Crippen LogP contribution in [-0.2, 0) is 20.9 Å². The van der Waals surface area contributed by atoms with Crippen molar-refractivity contribution in [3.8, 4) is 5.75 Å². The van der Waals surface area contributed by atoms with Gasteiger partial charge in [-0.3, -0.25) is 24.1 Å². The number of nitrogens with zero attached hydrogens (tertiary/aromatic N) is 3. The van der Waals surface area contributed by atoms with Gasteiger partial charge in [-0.1, -0.05) is 36.4 Å². The fraction of sp³-hybridized carbons (Fsp3) is 0.294. The molecule has 3 aromatic rings. The molecule has 0 saturated heterocycles. The van der Waals surface area contributed by atoms with E-state index in [9.17, 15) is 19.2 Å². The average molecular weight is 581 g/mol. The molecular formula is C34H36N4O5. The smallest absolute Gasteiger partial charge is 0.299 e. The number of rotatable bonds is 10. The van der Waals surface area contributed by atoms with Gasteiger partial charge in [-0.05, 0) is 79.3 Å². The molecule has 5 rings (SSSR count). The van der Waals surface area contributed by atoms with Crippen LogP contribution in [0, 0.1) is 5.92 Å². The molecule has 0 aromatic heterocycles. The number of nitrogens with one attached hydrogen (secondary N) is 1. The topological polar surface area (TPSA) is 99.3 Å². The first-order valence-electron chi connectivity index (χ1n) is 14.4. The van der Waals surface area contributed by atoms with E-state index in [1.54, 1.807) is 36.3 Å². The van der Waals surface area contributed by atoms with E-state index in [0.29, 0.717) is 23.5 Å².